The van der Waals surface area contributed by atoms with Gasteiger partial charge in [0, 0.05) is 0 Å². The quantitative estimate of drug-likeness (QED) is 0.581. The molecule has 0 fully saturated rings. The molecular formula is C10H7ClN2O4. The molecule has 0 saturated heterocycles. The van der Waals surface area contributed by atoms with Gasteiger partial charge in [0.1, 0.15) is 16.8 Å². The molecule has 1 heterocycles. The summed E-state index contributed by atoms with van der Waals surface area (Å²) in [6, 6.07) is 2.81. The van der Waals surface area contributed by atoms with Gasteiger partial charge in [-0.05, 0) is 6.07 Å². The molecule has 0 amide bonds. The molecule has 1 aromatic rings. The van der Waals surface area contributed by atoms with Crippen molar-refractivity contribution in [3.05, 3.63) is 28.0 Å². The van der Waals surface area contributed by atoms with Gasteiger partial charge in [-0.3, -0.25) is 0 Å². The predicted octanol–water partition coefficient (Wildman–Crippen LogP) is 1.18. The van der Waals surface area contributed by atoms with Crippen LogP contribution in [0.25, 0.3) is 0 Å². The number of halogens is 1. The van der Waals surface area contributed by atoms with Crippen LogP contribution in [0.2, 0.25) is 5.15 Å². The van der Waals surface area contributed by atoms with Crippen molar-refractivity contribution in [2.45, 2.75) is 0 Å². The van der Waals surface area contributed by atoms with Crippen LogP contribution in [0.4, 0.5) is 0 Å². The fourth-order valence-electron chi connectivity index (χ4n) is 1.17. The smallest absolute Gasteiger partial charge is 0.341 e. The molecule has 0 radical (unpaired) electrons. The van der Waals surface area contributed by atoms with Crippen molar-refractivity contribution in [3.8, 4) is 6.07 Å². The Kier molecular flexibility index (Phi) is 4.01. The molecule has 0 saturated carbocycles. The lowest BCUT2D eigenvalue weighted by atomic mass is 10.1. The summed E-state index contributed by atoms with van der Waals surface area (Å²) in [5, 5.41) is 8.75. The minimum atomic E-state index is -0.855. The number of nitrogens with zero attached hydrogens (tertiary/aromatic N) is 2. The van der Waals surface area contributed by atoms with E-state index in [1.165, 1.54) is 0 Å². The Bertz CT molecular complexity index is 522. The highest BCUT2D eigenvalue weighted by Gasteiger charge is 2.24. The Morgan fingerprint density at radius 3 is 2.41 bits per heavy atom. The van der Waals surface area contributed by atoms with E-state index in [-0.39, 0.29) is 22.0 Å². The van der Waals surface area contributed by atoms with E-state index in [1.54, 1.807) is 6.07 Å². The van der Waals surface area contributed by atoms with Gasteiger partial charge in [0.15, 0.2) is 5.69 Å². The van der Waals surface area contributed by atoms with Crippen LogP contribution in [-0.2, 0) is 9.47 Å². The van der Waals surface area contributed by atoms with E-state index in [2.05, 4.69) is 14.5 Å². The van der Waals surface area contributed by atoms with Crippen molar-refractivity contribution < 1.29 is 19.1 Å². The zero-order valence-corrected chi connectivity index (χ0v) is 9.74. The third-order valence-corrected chi connectivity index (χ3v) is 2.08. The zero-order valence-electron chi connectivity index (χ0n) is 8.98. The topological polar surface area (TPSA) is 89.3 Å². The van der Waals surface area contributed by atoms with Crippen LogP contribution in [0.1, 0.15) is 26.4 Å². The number of hydrogen-bond donors (Lipinski definition) is 0. The summed E-state index contributed by atoms with van der Waals surface area (Å²) in [5.41, 5.74) is -0.702. The van der Waals surface area contributed by atoms with Gasteiger partial charge in [-0.2, -0.15) is 5.26 Å². The molecule has 0 spiro atoms. The molecule has 0 bridgehead atoms. The molecule has 0 aliphatic rings. The molecule has 17 heavy (non-hydrogen) atoms. The van der Waals surface area contributed by atoms with Crippen LogP contribution in [0.3, 0.4) is 0 Å². The molecule has 0 aromatic carbocycles. The van der Waals surface area contributed by atoms with Crippen molar-refractivity contribution in [1.82, 2.24) is 4.98 Å². The average molecular weight is 255 g/mol. The molecule has 0 aliphatic heterocycles. The summed E-state index contributed by atoms with van der Waals surface area (Å²) in [4.78, 5) is 26.6. The molecule has 0 atom stereocenters. The van der Waals surface area contributed by atoms with Gasteiger partial charge in [0.05, 0.1) is 19.8 Å². The number of methoxy groups -OCH3 is 2. The Labute approximate surface area is 102 Å². The standard InChI is InChI=1S/C10H7ClN2O4/c1-16-9(14)5-3-7(11)13-6(4-12)8(5)10(15)17-2/h3H,1-2H3. The van der Waals surface area contributed by atoms with Crippen LogP contribution in [0.5, 0.6) is 0 Å². The van der Waals surface area contributed by atoms with Crippen molar-refractivity contribution >= 4 is 23.5 Å². The zero-order chi connectivity index (χ0) is 13.0. The molecule has 0 unspecified atom stereocenters. The van der Waals surface area contributed by atoms with Gasteiger partial charge in [0.25, 0.3) is 0 Å². The molecule has 6 nitrogen and oxygen atoms in total. The summed E-state index contributed by atoms with van der Waals surface area (Å²) in [6.45, 7) is 0. The Morgan fingerprint density at radius 2 is 1.94 bits per heavy atom. The van der Waals surface area contributed by atoms with Gasteiger partial charge >= 0.3 is 11.9 Å². The maximum absolute atomic E-state index is 11.5. The highest BCUT2D eigenvalue weighted by atomic mass is 35.5. The van der Waals surface area contributed by atoms with Crippen LogP contribution in [-0.4, -0.2) is 31.1 Å². The van der Waals surface area contributed by atoms with Crippen molar-refractivity contribution in [3.63, 3.8) is 0 Å². The largest absolute Gasteiger partial charge is 0.465 e. The molecule has 1 rings (SSSR count). The normalized spacial score (nSPS) is 9.29. The van der Waals surface area contributed by atoms with E-state index >= 15 is 0 Å². The highest BCUT2D eigenvalue weighted by Crippen LogP contribution is 2.19. The summed E-state index contributed by atoms with van der Waals surface area (Å²) >= 11 is 5.63. The minimum Gasteiger partial charge on any atom is -0.465 e. The van der Waals surface area contributed by atoms with E-state index < -0.39 is 11.9 Å². The van der Waals surface area contributed by atoms with E-state index in [1.807, 2.05) is 0 Å². The molecule has 7 heteroatoms. The number of pyridine rings is 1. The Balaban J connectivity index is 3.56. The number of esters is 2. The number of carbonyl (C=O) groups is 2. The van der Waals surface area contributed by atoms with Crippen LogP contribution in [0.15, 0.2) is 6.07 Å². The van der Waals surface area contributed by atoms with Crippen LogP contribution < -0.4 is 0 Å². The molecule has 1 aromatic heterocycles. The van der Waals surface area contributed by atoms with Gasteiger partial charge < -0.3 is 9.47 Å². The first-order valence-electron chi connectivity index (χ1n) is 4.32. The summed E-state index contributed by atoms with van der Waals surface area (Å²) in [6.07, 6.45) is 0. The van der Waals surface area contributed by atoms with E-state index in [0.29, 0.717) is 0 Å². The first-order valence-corrected chi connectivity index (χ1v) is 4.70. The SMILES string of the molecule is COC(=O)c1cc(Cl)nc(C#N)c1C(=O)OC. The lowest BCUT2D eigenvalue weighted by molar-refractivity contribution is 0.0554. The minimum absolute atomic E-state index is 0.0883. The summed E-state index contributed by atoms with van der Waals surface area (Å²) in [7, 11) is 2.27. The Morgan fingerprint density at radius 1 is 1.35 bits per heavy atom. The second kappa shape index (κ2) is 5.27. The number of nitriles is 1. The van der Waals surface area contributed by atoms with Gasteiger partial charge in [-0.25, -0.2) is 14.6 Å². The van der Waals surface area contributed by atoms with Gasteiger partial charge in [0.2, 0.25) is 0 Å². The van der Waals surface area contributed by atoms with E-state index in [0.717, 1.165) is 20.3 Å². The maximum Gasteiger partial charge on any atom is 0.341 e. The second-order valence-electron chi connectivity index (χ2n) is 2.81. The first-order chi connectivity index (χ1) is 8.04. The van der Waals surface area contributed by atoms with Gasteiger partial charge in [-0.1, -0.05) is 11.6 Å². The van der Waals surface area contributed by atoms with Crippen molar-refractivity contribution in [2.24, 2.45) is 0 Å². The van der Waals surface area contributed by atoms with Crippen LogP contribution >= 0.6 is 11.6 Å². The van der Waals surface area contributed by atoms with Crippen molar-refractivity contribution in [1.29, 1.82) is 5.26 Å². The Hall–Kier alpha value is -2.13. The third-order valence-electron chi connectivity index (χ3n) is 1.89. The fraction of sp³-hybridized carbons (Fsp3) is 0.200. The number of carbonyl (C=O) groups excluding carboxylic acids is 2. The summed E-state index contributed by atoms with van der Waals surface area (Å²) in [5.74, 6) is -1.66. The van der Waals surface area contributed by atoms with Crippen LogP contribution in [0, 0.1) is 11.3 Å². The summed E-state index contributed by atoms with van der Waals surface area (Å²) < 4.78 is 8.96. The average Bonchev–Trinajstić information content (AvgIpc) is 2.35. The maximum atomic E-state index is 11.5. The lowest BCUT2D eigenvalue weighted by Crippen LogP contribution is -2.15. The number of rotatable bonds is 2. The number of ether oxygens (including phenoxy) is 2. The fourth-order valence-corrected chi connectivity index (χ4v) is 1.37. The highest BCUT2D eigenvalue weighted by molar-refractivity contribution is 6.30. The number of aromatic nitrogens is 1. The first kappa shape index (κ1) is 12.9. The molecule has 88 valence electrons. The van der Waals surface area contributed by atoms with E-state index in [4.69, 9.17) is 16.9 Å². The van der Waals surface area contributed by atoms with Gasteiger partial charge in [-0.15, -0.1) is 0 Å². The van der Waals surface area contributed by atoms with E-state index in [9.17, 15) is 9.59 Å². The van der Waals surface area contributed by atoms with Crippen molar-refractivity contribution in [2.75, 3.05) is 14.2 Å². The monoisotopic (exact) mass is 254 g/mol. The molecular weight excluding hydrogens is 248 g/mol. The molecule has 0 N–H and O–H groups in total. The predicted molar refractivity (Wildman–Crippen MR) is 56.6 cm³/mol. The number of hydrogen-bond acceptors (Lipinski definition) is 6. The molecule has 0 aliphatic carbocycles. The third kappa shape index (κ3) is 2.52. The lowest BCUT2D eigenvalue weighted by Gasteiger charge is -2.07. The second-order valence-corrected chi connectivity index (χ2v) is 3.20.